The van der Waals surface area contributed by atoms with Crippen molar-refractivity contribution in [2.45, 2.75) is 51.8 Å². The number of carbonyl (C=O) groups is 1. The Bertz CT molecular complexity index is 169. The predicted molar refractivity (Wildman–Crippen MR) is 69.5 cm³/mol. The molecule has 0 aromatic heterocycles. The third-order valence-electron chi connectivity index (χ3n) is 2.02. The molecule has 0 aliphatic heterocycles. The van der Waals surface area contributed by atoms with Gasteiger partial charge in [-0.3, -0.25) is 4.79 Å². The van der Waals surface area contributed by atoms with E-state index in [2.05, 4.69) is 11.3 Å². The summed E-state index contributed by atoms with van der Waals surface area (Å²) in [6.45, 7) is 5.00. The SMILES string of the molecule is C=CCCCCCCCC(=O)OC.C[B]F.FF. The maximum Gasteiger partial charge on any atom is 0.351 e. The molecule has 0 atom stereocenters. The average Bonchev–Trinajstić information content (AvgIpc) is 2.40. The van der Waals surface area contributed by atoms with Gasteiger partial charge in [-0.15, -0.1) is 6.58 Å². The molecule has 0 unspecified atom stereocenters. The Morgan fingerprint density at radius 1 is 1.22 bits per heavy atom. The molecule has 0 heterocycles. The second kappa shape index (κ2) is 25.0. The van der Waals surface area contributed by atoms with Gasteiger partial charge in [0.2, 0.25) is 0 Å². The molecule has 6 heteroatoms. The number of allylic oxidation sites excluding steroid dienone is 1. The number of esters is 1. The second-order valence-electron chi connectivity index (χ2n) is 3.39. The summed E-state index contributed by atoms with van der Waals surface area (Å²) in [5.41, 5.74) is 0. The van der Waals surface area contributed by atoms with E-state index in [-0.39, 0.29) is 5.97 Å². The number of hydrogen-bond acceptors (Lipinski definition) is 2. The minimum absolute atomic E-state index is 0.0916. The summed E-state index contributed by atoms with van der Waals surface area (Å²) in [5, 5.41) is 0. The number of rotatable bonds is 8. The van der Waals surface area contributed by atoms with Crippen molar-refractivity contribution in [3.05, 3.63) is 12.7 Å². The lowest BCUT2D eigenvalue weighted by Crippen LogP contribution is -1.98. The van der Waals surface area contributed by atoms with Crippen LogP contribution in [0, 0.1) is 0 Å². The average molecular weight is 267 g/mol. The molecule has 0 aromatic carbocycles. The Morgan fingerprint density at radius 2 is 1.67 bits per heavy atom. The first-order valence-corrected chi connectivity index (χ1v) is 5.92. The third-order valence-corrected chi connectivity index (χ3v) is 2.02. The second-order valence-corrected chi connectivity index (χ2v) is 3.39. The Labute approximate surface area is 109 Å². The van der Waals surface area contributed by atoms with Crippen LogP contribution < -0.4 is 0 Å². The lowest BCUT2D eigenvalue weighted by molar-refractivity contribution is -0.140. The first kappa shape index (κ1) is 22.3. The van der Waals surface area contributed by atoms with Crippen LogP contribution in [0.1, 0.15) is 44.9 Å². The van der Waals surface area contributed by atoms with E-state index < -0.39 is 0 Å². The summed E-state index contributed by atoms with van der Waals surface area (Å²) in [6.07, 6.45) is 9.40. The lowest BCUT2D eigenvalue weighted by atomic mass is 10.1. The van der Waals surface area contributed by atoms with Gasteiger partial charge < -0.3 is 9.05 Å². The van der Waals surface area contributed by atoms with Gasteiger partial charge in [-0.1, -0.05) is 32.2 Å². The van der Waals surface area contributed by atoms with Crippen LogP contribution in [-0.4, -0.2) is 20.6 Å². The monoisotopic (exact) mass is 267 g/mol. The predicted octanol–water partition coefficient (Wildman–Crippen LogP) is 4.54. The van der Waals surface area contributed by atoms with Crippen LogP contribution in [0.4, 0.5) is 13.5 Å². The molecule has 1 radical (unpaired) electrons. The Balaban J connectivity index is -0.000000389. The molecule has 0 rings (SSSR count). The quantitative estimate of drug-likeness (QED) is 0.279. The summed E-state index contributed by atoms with van der Waals surface area (Å²) in [4.78, 5) is 10.7. The summed E-state index contributed by atoms with van der Waals surface area (Å²) in [5.74, 6) is -0.0916. The number of carbonyl (C=O) groups excluding carboxylic acids is 1. The highest BCUT2D eigenvalue weighted by atomic mass is 20.0. The van der Waals surface area contributed by atoms with Crippen molar-refractivity contribution in [1.82, 2.24) is 0 Å². The van der Waals surface area contributed by atoms with E-state index in [9.17, 15) is 9.11 Å². The molecule has 0 saturated carbocycles. The summed E-state index contributed by atoms with van der Waals surface area (Å²) < 4.78 is 30.7. The van der Waals surface area contributed by atoms with E-state index in [0.29, 0.717) is 14.0 Å². The van der Waals surface area contributed by atoms with E-state index in [1.165, 1.54) is 33.2 Å². The fraction of sp³-hybridized carbons (Fsp3) is 0.750. The molecular formula is C12H23BF3O2. The number of hydrogen-bond donors (Lipinski definition) is 0. The molecule has 2 nitrogen and oxygen atoms in total. The molecule has 107 valence electrons. The molecule has 0 amide bonds. The molecule has 0 saturated heterocycles. The zero-order valence-corrected chi connectivity index (χ0v) is 11.3. The molecule has 0 aliphatic carbocycles. The molecular weight excluding hydrogens is 244 g/mol. The molecule has 0 bridgehead atoms. The first-order chi connectivity index (χ1) is 8.72. The molecule has 0 fully saturated rings. The van der Waals surface area contributed by atoms with Crippen LogP contribution >= 0.6 is 0 Å². The smallest absolute Gasteiger partial charge is 0.351 e. The van der Waals surface area contributed by atoms with E-state index in [0.717, 1.165) is 19.3 Å². The largest absolute Gasteiger partial charge is 0.469 e. The van der Waals surface area contributed by atoms with Gasteiger partial charge in [-0.05, 0) is 19.3 Å². The Morgan fingerprint density at radius 3 is 2.11 bits per heavy atom. The van der Waals surface area contributed by atoms with Gasteiger partial charge >= 0.3 is 13.5 Å². The number of halogens is 3. The Kier molecular flexibility index (Phi) is 31.0. The summed E-state index contributed by atoms with van der Waals surface area (Å²) in [6, 6.07) is 0. The molecule has 18 heavy (non-hydrogen) atoms. The van der Waals surface area contributed by atoms with Gasteiger partial charge in [0.1, 0.15) is 0 Å². The third kappa shape index (κ3) is 29.4. The van der Waals surface area contributed by atoms with Crippen molar-refractivity contribution < 1.29 is 23.0 Å². The van der Waals surface area contributed by atoms with E-state index in [1.54, 1.807) is 0 Å². The van der Waals surface area contributed by atoms with Gasteiger partial charge in [-0.2, -0.15) is 0 Å². The molecule has 0 spiro atoms. The highest BCUT2D eigenvalue weighted by Crippen LogP contribution is 2.07. The summed E-state index contributed by atoms with van der Waals surface area (Å²) >= 11 is 0. The van der Waals surface area contributed by atoms with Crippen LogP contribution in [0.15, 0.2) is 12.7 Å². The van der Waals surface area contributed by atoms with Crippen LogP contribution in [0.2, 0.25) is 6.82 Å². The van der Waals surface area contributed by atoms with Gasteiger partial charge in [0.15, 0.2) is 0 Å². The Hall–Kier alpha value is -0.935. The van der Waals surface area contributed by atoms with Crippen molar-refractivity contribution in [1.29, 1.82) is 0 Å². The molecule has 0 aliphatic rings. The van der Waals surface area contributed by atoms with Crippen molar-refractivity contribution in [2.75, 3.05) is 7.11 Å². The van der Waals surface area contributed by atoms with Gasteiger partial charge in [-0.25, -0.2) is 0 Å². The highest BCUT2D eigenvalue weighted by Gasteiger charge is 1.98. The zero-order valence-electron chi connectivity index (χ0n) is 11.3. The van der Waals surface area contributed by atoms with Crippen LogP contribution in [-0.2, 0) is 9.53 Å². The van der Waals surface area contributed by atoms with E-state index in [1.807, 2.05) is 6.08 Å². The minimum atomic E-state index is -0.0916. The minimum Gasteiger partial charge on any atom is -0.469 e. The van der Waals surface area contributed by atoms with Crippen LogP contribution in [0.25, 0.3) is 0 Å². The molecule has 0 N–H and O–H groups in total. The van der Waals surface area contributed by atoms with Crippen molar-refractivity contribution >= 4 is 13.5 Å². The first-order valence-electron chi connectivity index (χ1n) is 5.92. The maximum atomic E-state index is 10.7. The highest BCUT2D eigenvalue weighted by molar-refractivity contribution is 6.23. The molecule has 0 aromatic rings. The number of methoxy groups -OCH3 is 1. The van der Waals surface area contributed by atoms with Crippen molar-refractivity contribution in [2.24, 2.45) is 0 Å². The van der Waals surface area contributed by atoms with Crippen LogP contribution in [0.3, 0.4) is 0 Å². The van der Waals surface area contributed by atoms with Crippen molar-refractivity contribution in [3.8, 4) is 0 Å². The van der Waals surface area contributed by atoms with E-state index in [4.69, 9.17) is 9.15 Å². The fourth-order valence-corrected chi connectivity index (χ4v) is 1.19. The summed E-state index contributed by atoms with van der Waals surface area (Å²) in [7, 11) is 1.94. The number of unbranched alkanes of at least 4 members (excludes halogenated alkanes) is 5. The maximum absolute atomic E-state index is 10.7. The normalized spacial score (nSPS) is 8.06. The topological polar surface area (TPSA) is 26.3 Å². The lowest BCUT2D eigenvalue weighted by Gasteiger charge is -1.99. The van der Waals surface area contributed by atoms with Gasteiger partial charge in [0, 0.05) is 15.6 Å². The van der Waals surface area contributed by atoms with E-state index >= 15 is 0 Å². The van der Waals surface area contributed by atoms with Crippen LogP contribution in [0.5, 0.6) is 0 Å². The van der Waals surface area contributed by atoms with Gasteiger partial charge in [0.25, 0.3) is 0 Å². The zero-order chi connectivity index (χ0) is 14.6. The fourth-order valence-electron chi connectivity index (χ4n) is 1.19. The number of ether oxygens (including phenoxy) is 1. The standard InChI is InChI=1S/C11H20O2.CH3BF.F2/c1-3-4-5-6-7-8-9-10-11(12)13-2;1-2-3;1-2/h3H,1,4-10H2,2H3;1H3;. The van der Waals surface area contributed by atoms with Gasteiger partial charge in [0.05, 0.1) is 7.11 Å². The van der Waals surface area contributed by atoms with Crippen molar-refractivity contribution in [3.63, 3.8) is 0 Å².